The molecular weight excluding hydrogens is 276 g/mol. The van der Waals surface area contributed by atoms with E-state index in [1.165, 1.54) is 13.0 Å². The Bertz CT molecular complexity index is 696. The number of phenols is 1. The van der Waals surface area contributed by atoms with Crippen molar-refractivity contribution >= 4 is 28.8 Å². The van der Waals surface area contributed by atoms with E-state index < -0.39 is 0 Å². The molecule has 0 spiro atoms. The first kappa shape index (κ1) is 14.2. The van der Waals surface area contributed by atoms with Gasteiger partial charge in [-0.25, -0.2) is 9.98 Å². The Balaban J connectivity index is 2.39. The highest BCUT2D eigenvalue weighted by Crippen LogP contribution is 2.29. The first-order valence-electron chi connectivity index (χ1n) is 5.99. The molecule has 0 amide bonds. The number of aromatic hydroxyl groups is 1. The second-order valence-corrected chi connectivity index (χ2v) is 4.73. The van der Waals surface area contributed by atoms with E-state index in [0.717, 1.165) is 0 Å². The summed E-state index contributed by atoms with van der Waals surface area (Å²) in [6, 6.07) is 9.85. The standard InChI is InChI=1S/C15H13ClN2O2/c1-9(12-4-3-5-13(18-12)10(2)19)17-14-7-6-11(16)8-15(14)20/h3-8,20H,1-2H3. The van der Waals surface area contributed by atoms with Crippen molar-refractivity contribution < 1.29 is 9.90 Å². The van der Waals surface area contributed by atoms with Crippen LogP contribution in [0.4, 0.5) is 5.69 Å². The van der Waals surface area contributed by atoms with Crippen LogP contribution in [0.3, 0.4) is 0 Å². The second kappa shape index (κ2) is 5.84. The summed E-state index contributed by atoms with van der Waals surface area (Å²) in [7, 11) is 0. The number of rotatable bonds is 3. The van der Waals surface area contributed by atoms with Crippen LogP contribution in [0.25, 0.3) is 0 Å². The van der Waals surface area contributed by atoms with Gasteiger partial charge in [0.05, 0.1) is 11.4 Å². The highest BCUT2D eigenvalue weighted by Gasteiger charge is 2.06. The van der Waals surface area contributed by atoms with Crippen LogP contribution in [0.5, 0.6) is 5.75 Å². The summed E-state index contributed by atoms with van der Waals surface area (Å²) >= 11 is 5.77. The molecule has 0 atom stereocenters. The van der Waals surface area contributed by atoms with Crippen molar-refractivity contribution in [2.24, 2.45) is 4.99 Å². The number of Topliss-reactive ketones (excluding diaryl/α,β-unsaturated/α-hetero) is 1. The minimum absolute atomic E-state index is 0.000396. The van der Waals surface area contributed by atoms with Crippen LogP contribution in [0.1, 0.15) is 30.0 Å². The normalized spacial score (nSPS) is 11.4. The number of nitrogens with zero attached hydrogens (tertiary/aromatic N) is 2. The lowest BCUT2D eigenvalue weighted by Crippen LogP contribution is -2.04. The van der Waals surface area contributed by atoms with Gasteiger partial charge in [0, 0.05) is 18.0 Å². The lowest BCUT2D eigenvalue weighted by Gasteiger charge is -2.04. The third kappa shape index (κ3) is 3.22. The van der Waals surface area contributed by atoms with E-state index in [0.29, 0.717) is 27.8 Å². The molecule has 0 saturated heterocycles. The molecule has 4 nitrogen and oxygen atoms in total. The molecule has 1 N–H and O–H groups in total. The molecule has 20 heavy (non-hydrogen) atoms. The smallest absolute Gasteiger partial charge is 0.178 e. The zero-order chi connectivity index (χ0) is 14.7. The first-order valence-corrected chi connectivity index (χ1v) is 6.37. The van der Waals surface area contributed by atoms with Gasteiger partial charge in [-0.2, -0.15) is 0 Å². The van der Waals surface area contributed by atoms with Crippen molar-refractivity contribution in [2.75, 3.05) is 0 Å². The van der Waals surface area contributed by atoms with Crippen LogP contribution >= 0.6 is 11.6 Å². The summed E-state index contributed by atoms with van der Waals surface area (Å²) in [4.78, 5) is 19.8. The van der Waals surface area contributed by atoms with Crippen LogP contribution in [-0.2, 0) is 0 Å². The fourth-order valence-corrected chi connectivity index (χ4v) is 1.83. The highest BCUT2D eigenvalue weighted by molar-refractivity contribution is 6.30. The van der Waals surface area contributed by atoms with Crippen LogP contribution in [0.2, 0.25) is 5.02 Å². The van der Waals surface area contributed by atoms with Gasteiger partial charge in [-0.05, 0) is 31.2 Å². The molecule has 0 unspecified atom stereocenters. The topological polar surface area (TPSA) is 62.5 Å². The number of aliphatic imine (C=N–C) groups is 1. The van der Waals surface area contributed by atoms with E-state index in [2.05, 4.69) is 9.98 Å². The summed E-state index contributed by atoms with van der Waals surface area (Å²) in [5, 5.41) is 10.2. The number of aromatic nitrogens is 1. The third-order valence-electron chi connectivity index (χ3n) is 2.71. The van der Waals surface area contributed by atoms with Gasteiger partial charge in [0.15, 0.2) is 5.78 Å². The summed E-state index contributed by atoms with van der Waals surface area (Å²) < 4.78 is 0. The molecule has 0 aliphatic rings. The summed E-state index contributed by atoms with van der Waals surface area (Å²) in [5.41, 5.74) is 1.98. The number of hydrogen-bond acceptors (Lipinski definition) is 4. The maximum atomic E-state index is 11.3. The van der Waals surface area contributed by atoms with Gasteiger partial charge in [-0.1, -0.05) is 17.7 Å². The number of phenolic OH excluding ortho intramolecular Hbond substituents is 1. The predicted octanol–water partition coefficient (Wildman–Crippen LogP) is 3.78. The fraction of sp³-hybridized carbons (Fsp3) is 0.133. The molecule has 1 aromatic carbocycles. The van der Waals surface area contributed by atoms with Crippen LogP contribution in [0, 0.1) is 0 Å². The Morgan fingerprint density at radius 3 is 2.55 bits per heavy atom. The molecule has 0 radical (unpaired) electrons. The van der Waals surface area contributed by atoms with Crippen LogP contribution < -0.4 is 0 Å². The largest absolute Gasteiger partial charge is 0.506 e. The van der Waals surface area contributed by atoms with E-state index in [9.17, 15) is 9.90 Å². The predicted molar refractivity (Wildman–Crippen MR) is 79.2 cm³/mol. The van der Waals surface area contributed by atoms with Gasteiger partial charge in [0.2, 0.25) is 0 Å². The fourth-order valence-electron chi connectivity index (χ4n) is 1.66. The van der Waals surface area contributed by atoms with E-state index in [1.807, 2.05) is 0 Å². The van der Waals surface area contributed by atoms with Gasteiger partial charge >= 0.3 is 0 Å². The SMILES string of the molecule is CC(=O)c1cccc(C(C)=Nc2ccc(Cl)cc2O)n1. The number of pyridine rings is 1. The minimum Gasteiger partial charge on any atom is -0.506 e. The maximum Gasteiger partial charge on any atom is 0.178 e. The average molecular weight is 289 g/mol. The molecule has 0 fully saturated rings. The summed E-state index contributed by atoms with van der Waals surface area (Å²) in [6.07, 6.45) is 0. The lowest BCUT2D eigenvalue weighted by atomic mass is 10.2. The van der Waals surface area contributed by atoms with Crippen molar-refractivity contribution in [3.63, 3.8) is 0 Å². The van der Waals surface area contributed by atoms with Gasteiger partial charge in [-0.3, -0.25) is 4.79 Å². The molecule has 1 aromatic heterocycles. The molecule has 0 aliphatic carbocycles. The van der Waals surface area contributed by atoms with Crippen LogP contribution in [-0.4, -0.2) is 21.6 Å². The highest BCUT2D eigenvalue weighted by atomic mass is 35.5. The van der Waals surface area contributed by atoms with E-state index in [1.54, 1.807) is 37.3 Å². The van der Waals surface area contributed by atoms with Crippen molar-refractivity contribution in [3.05, 3.63) is 52.8 Å². The number of benzene rings is 1. The van der Waals surface area contributed by atoms with Gasteiger partial charge < -0.3 is 5.11 Å². The number of ketones is 1. The molecular formula is C15H13ClN2O2. The Labute approximate surface area is 121 Å². The number of carbonyl (C=O) groups excluding carboxylic acids is 1. The monoisotopic (exact) mass is 288 g/mol. The van der Waals surface area contributed by atoms with Crippen LogP contribution in [0.15, 0.2) is 41.4 Å². The molecule has 2 rings (SSSR count). The van der Waals surface area contributed by atoms with Crippen molar-refractivity contribution in [2.45, 2.75) is 13.8 Å². The number of halogens is 1. The molecule has 2 aromatic rings. The molecule has 0 saturated carbocycles. The second-order valence-electron chi connectivity index (χ2n) is 4.29. The molecule has 0 bridgehead atoms. The van der Waals surface area contributed by atoms with Crippen molar-refractivity contribution in [1.82, 2.24) is 4.98 Å². The van der Waals surface area contributed by atoms with Crippen molar-refractivity contribution in [1.29, 1.82) is 0 Å². The van der Waals surface area contributed by atoms with E-state index >= 15 is 0 Å². The zero-order valence-electron chi connectivity index (χ0n) is 11.1. The zero-order valence-corrected chi connectivity index (χ0v) is 11.8. The lowest BCUT2D eigenvalue weighted by molar-refractivity contribution is 0.101. The maximum absolute atomic E-state index is 11.3. The Kier molecular flexibility index (Phi) is 4.15. The van der Waals surface area contributed by atoms with E-state index in [-0.39, 0.29) is 11.5 Å². The Morgan fingerprint density at radius 2 is 1.90 bits per heavy atom. The van der Waals surface area contributed by atoms with Gasteiger partial charge in [0.1, 0.15) is 17.1 Å². The molecule has 5 heteroatoms. The molecule has 102 valence electrons. The summed E-state index contributed by atoms with van der Waals surface area (Å²) in [5.74, 6) is -0.103. The Morgan fingerprint density at radius 1 is 1.20 bits per heavy atom. The minimum atomic E-state index is -0.103. The van der Waals surface area contributed by atoms with E-state index in [4.69, 9.17) is 11.6 Å². The summed E-state index contributed by atoms with van der Waals surface area (Å²) in [6.45, 7) is 3.23. The first-order chi connectivity index (χ1) is 9.47. The van der Waals surface area contributed by atoms with Gasteiger partial charge in [0.25, 0.3) is 0 Å². The molecule has 1 heterocycles. The Hall–Kier alpha value is -2.20. The molecule has 0 aliphatic heterocycles. The third-order valence-corrected chi connectivity index (χ3v) is 2.94. The quantitative estimate of drug-likeness (QED) is 0.690. The number of hydrogen-bond donors (Lipinski definition) is 1. The van der Waals surface area contributed by atoms with Crippen molar-refractivity contribution in [3.8, 4) is 5.75 Å². The number of carbonyl (C=O) groups is 1. The van der Waals surface area contributed by atoms with Gasteiger partial charge in [-0.15, -0.1) is 0 Å². The average Bonchev–Trinajstić information content (AvgIpc) is 2.42.